The molecule has 0 saturated carbocycles. The largest absolute Gasteiger partial charge is 0.462 e. The fraction of sp³-hybridized carbons (Fsp3) is 0.200. The smallest absolute Gasteiger partial charge is 0.341 e. The van der Waals surface area contributed by atoms with Gasteiger partial charge in [0.25, 0.3) is 0 Å². The molecule has 9 heteroatoms. The maximum absolute atomic E-state index is 12.8. The number of rotatable bonds is 8. The van der Waals surface area contributed by atoms with Crippen LogP contribution in [0.4, 0.5) is 16.2 Å². The Bertz CT molecular complexity index is 1290. The Labute approximate surface area is 199 Å². The highest BCUT2D eigenvalue weighted by atomic mass is 32.2. The Morgan fingerprint density at radius 3 is 2.18 bits per heavy atom. The fourth-order valence-electron chi connectivity index (χ4n) is 3.00. The number of esters is 1. The van der Waals surface area contributed by atoms with Crippen molar-refractivity contribution in [2.24, 2.45) is 0 Å². The average Bonchev–Trinajstić information content (AvgIpc) is 2.77. The Kier molecular flexibility index (Phi) is 7.91. The second-order valence-electron chi connectivity index (χ2n) is 7.65. The molecular weight excluding hydrogens is 456 g/mol. The van der Waals surface area contributed by atoms with Crippen molar-refractivity contribution in [3.8, 4) is 5.75 Å². The van der Waals surface area contributed by atoms with E-state index in [0.717, 1.165) is 11.1 Å². The van der Waals surface area contributed by atoms with Gasteiger partial charge in [0, 0.05) is 17.4 Å². The van der Waals surface area contributed by atoms with E-state index in [4.69, 9.17) is 8.92 Å². The summed E-state index contributed by atoms with van der Waals surface area (Å²) < 4.78 is 36.1. The van der Waals surface area contributed by atoms with Crippen LogP contribution in [0.3, 0.4) is 0 Å². The topological polar surface area (TPSA) is 111 Å². The van der Waals surface area contributed by atoms with Gasteiger partial charge >= 0.3 is 22.1 Å². The summed E-state index contributed by atoms with van der Waals surface area (Å²) in [5, 5.41) is 5.31. The summed E-state index contributed by atoms with van der Waals surface area (Å²) in [7, 11) is -4.24. The van der Waals surface area contributed by atoms with E-state index >= 15 is 0 Å². The quantitative estimate of drug-likeness (QED) is 0.334. The number of carbonyl (C=O) groups excluding carboxylic acids is 2. The average molecular weight is 483 g/mol. The molecule has 0 aromatic heterocycles. The number of ether oxygens (including phenoxy) is 1. The Morgan fingerprint density at radius 1 is 0.853 bits per heavy atom. The minimum Gasteiger partial charge on any atom is -0.462 e. The van der Waals surface area contributed by atoms with Gasteiger partial charge in [-0.05, 0) is 62.2 Å². The molecule has 0 unspecified atom stereocenters. The normalized spacial score (nSPS) is 10.9. The summed E-state index contributed by atoms with van der Waals surface area (Å²) in [6.07, 6.45) is 0.600. The standard InChI is InChI=1S/C25H26N2O6S/c1-4-14-32-24(28)22-13-10-20(27-25(29)26-19-7-5-6-18(3)15-19)16-23(22)33-34(30,31)21-11-8-17(2)9-12-21/h5-13,15-16H,4,14H2,1-3H3,(H2,26,27,29). The minimum absolute atomic E-state index is 0.0680. The van der Waals surface area contributed by atoms with Gasteiger partial charge in [-0.15, -0.1) is 0 Å². The molecule has 178 valence electrons. The number of amides is 2. The highest BCUT2D eigenvalue weighted by Crippen LogP contribution is 2.28. The van der Waals surface area contributed by atoms with Gasteiger partial charge in [-0.3, -0.25) is 0 Å². The van der Waals surface area contributed by atoms with E-state index in [-0.39, 0.29) is 28.5 Å². The molecule has 0 heterocycles. The summed E-state index contributed by atoms with van der Waals surface area (Å²) >= 11 is 0. The van der Waals surface area contributed by atoms with Gasteiger partial charge in [0.1, 0.15) is 10.5 Å². The molecule has 0 aliphatic carbocycles. The van der Waals surface area contributed by atoms with E-state index < -0.39 is 22.1 Å². The van der Waals surface area contributed by atoms with Gasteiger partial charge in [-0.1, -0.05) is 36.8 Å². The minimum atomic E-state index is -4.24. The SMILES string of the molecule is CCCOC(=O)c1ccc(NC(=O)Nc2cccc(C)c2)cc1OS(=O)(=O)c1ccc(C)cc1. The first-order valence-electron chi connectivity index (χ1n) is 10.6. The first-order chi connectivity index (χ1) is 16.2. The molecule has 0 spiro atoms. The molecule has 2 amide bonds. The molecule has 0 fully saturated rings. The van der Waals surface area contributed by atoms with Crippen molar-refractivity contribution in [2.45, 2.75) is 32.1 Å². The zero-order valence-corrected chi connectivity index (χ0v) is 19.9. The summed E-state index contributed by atoms with van der Waals surface area (Å²) in [5.41, 5.74) is 2.61. The number of hydrogen-bond donors (Lipinski definition) is 2. The van der Waals surface area contributed by atoms with Crippen LogP contribution in [0.1, 0.15) is 34.8 Å². The van der Waals surface area contributed by atoms with Crippen LogP contribution in [0.2, 0.25) is 0 Å². The van der Waals surface area contributed by atoms with E-state index in [1.54, 1.807) is 24.3 Å². The highest BCUT2D eigenvalue weighted by molar-refractivity contribution is 7.87. The Balaban J connectivity index is 1.88. The second kappa shape index (κ2) is 10.8. The van der Waals surface area contributed by atoms with Crippen LogP contribution in [-0.4, -0.2) is 27.0 Å². The van der Waals surface area contributed by atoms with Gasteiger partial charge < -0.3 is 19.6 Å². The van der Waals surface area contributed by atoms with Crippen LogP contribution in [0, 0.1) is 13.8 Å². The lowest BCUT2D eigenvalue weighted by molar-refractivity contribution is 0.0503. The number of hydrogen-bond acceptors (Lipinski definition) is 6. The summed E-state index contributed by atoms with van der Waals surface area (Å²) in [6, 6.07) is 16.9. The van der Waals surface area contributed by atoms with Crippen molar-refractivity contribution < 1.29 is 26.9 Å². The molecule has 0 radical (unpaired) electrons. The molecule has 0 atom stereocenters. The van der Waals surface area contributed by atoms with E-state index in [1.807, 2.05) is 32.9 Å². The zero-order valence-electron chi connectivity index (χ0n) is 19.1. The summed E-state index contributed by atoms with van der Waals surface area (Å²) in [5.74, 6) is -0.984. The van der Waals surface area contributed by atoms with Crippen LogP contribution < -0.4 is 14.8 Å². The molecule has 0 bridgehead atoms. The first kappa shape index (κ1) is 24.8. The van der Waals surface area contributed by atoms with Crippen LogP contribution in [-0.2, 0) is 14.9 Å². The molecular formula is C25H26N2O6S. The van der Waals surface area contributed by atoms with Gasteiger partial charge in [0.2, 0.25) is 0 Å². The Hall–Kier alpha value is -3.85. The predicted octanol–water partition coefficient (Wildman–Crippen LogP) is 5.28. The molecule has 3 aromatic rings. The van der Waals surface area contributed by atoms with Crippen LogP contribution >= 0.6 is 0 Å². The van der Waals surface area contributed by atoms with Crippen LogP contribution in [0.15, 0.2) is 71.6 Å². The van der Waals surface area contributed by atoms with Crippen molar-refractivity contribution in [3.63, 3.8) is 0 Å². The van der Waals surface area contributed by atoms with Crippen LogP contribution in [0.5, 0.6) is 5.75 Å². The third-order valence-electron chi connectivity index (χ3n) is 4.68. The molecule has 34 heavy (non-hydrogen) atoms. The van der Waals surface area contributed by atoms with Gasteiger partial charge in [-0.25, -0.2) is 9.59 Å². The van der Waals surface area contributed by atoms with Crippen molar-refractivity contribution >= 4 is 33.5 Å². The summed E-state index contributed by atoms with van der Waals surface area (Å²) in [4.78, 5) is 24.9. The number of carbonyl (C=O) groups is 2. The third-order valence-corrected chi connectivity index (χ3v) is 5.93. The van der Waals surface area contributed by atoms with Crippen molar-refractivity contribution in [2.75, 3.05) is 17.2 Å². The van der Waals surface area contributed by atoms with Crippen LogP contribution in [0.25, 0.3) is 0 Å². The monoisotopic (exact) mass is 482 g/mol. The van der Waals surface area contributed by atoms with Gasteiger partial charge in [-0.2, -0.15) is 8.42 Å². The lowest BCUT2D eigenvalue weighted by Gasteiger charge is -2.14. The maximum atomic E-state index is 12.8. The van der Waals surface area contributed by atoms with E-state index in [9.17, 15) is 18.0 Å². The molecule has 3 rings (SSSR count). The molecule has 8 nitrogen and oxygen atoms in total. The van der Waals surface area contributed by atoms with Gasteiger partial charge in [0.05, 0.1) is 6.61 Å². The van der Waals surface area contributed by atoms with E-state index in [2.05, 4.69) is 10.6 Å². The zero-order chi connectivity index (χ0) is 24.7. The first-order valence-corrected chi connectivity index (χ1v) is 12.1. The maximum Gasteiger partial charge on any atom is 0.341 e. The molecule has 2 N–H and O–H groups in total. The second-order valence-corrected chi connectivity index (χ2v) is 9.19. The summed E-state index contributed by atoms with van der Waals surface area (Å²) in [6.45, 7) is 5.74. The predicted molar refractivity (Wildman–Crippen MR) is 130 cm³/mol. The van der Waals surface area contributed by atoms with E-state index in [1.165, 1.54) is 30.3 Å². The van der Waals surface area contributed by atoms with Crippen molar-refractivity contribution in [1.82, 2.24) is 0 Å². The number of nitrogens with one attached hydrogen (secondary N) is 2. The molecule has 3 aromatic carbocycles. The molecule has 0 aliphatic rings. The molecule has 0 saturated heterocycles. The number of urea groups is 1. The van der Waals surface area contributed by atoms with Crippen molar-refractivity contribution in [3.05, 3.63) is 83.4 Å². The van der Waals surface area contributed by atoms with Gasteiger partial charge in [0.15, 0.2) is 5.75 Å². The highest BCUT2D eigenvalue weighted by Gasteiger charge is 2.23. The Morgan fingerprint density at radius 2 is 1.53 bits per heavy atom. The lowest BCUT2D eigenvalue weighted by Crippen LogP contribution is -2.20. The number of aryl methyl sites for hydroxylation is 2. The number of anilines is 2. The lowest BCUT2D eigenvalue weighted by atomic mass is 10.2. The fourth-order valence-corrected chi connectivity index (χ4v) is 3.94. The van der Waals surface area contributed by atoms with Crippen molar-refractivity contribution in [1.29, 1.82) is 0 Å². The third kappa shape index (κ3) is 6.58. The number of benzene rings is 3. The molecule has 0 aliphatic heterocycles. The van der Waals surface area contributed by atoms with E-state index in [0.29, 0.717) is 12.1 Å².